The zero-order valence-electron chi connectivity index (χ0n) is 15.1. The van der Waals surface area contributed by atoms with Gasteiger partial charge in [0.2, 0.25) is 0 Å². The maximum Gasteiger partial charge on any atom is 0.406 e. The second kappa shape index (κ2) is 12.4. The summed E-state index contributed by atoms with van der Waals surface area (Å²) < 4.78 is 15.3. The second-order valence-electron chi connectivity index (χ2n) is 5.45. The number of rotatable bonds is 11. The van der Waals surface area contributed by atoms with E-state index in [0.29, 0.717) is 32.3 Å². The molecule has 0 spiro atoms. The second-order valence-corrected chi connectivity index (χ2v) is 5.45. The molecule has 140 valence electrons. The Balaban J connectivity index is 4.63. The Labute approximate surface area is 143 Å². The molecule has 0 aromatic heterocycles. The first-order valence-electron chi connectivity index (χ1n) is 8.27. The molecule has 0 aliphatic heterocycles. The lowest BCUT2D eigenvalue weighted by Gasteiger charge is -2.32. The number of amides is 2. The number of nitrogens with one attached hydrogen (secondary N) is 2. The Kier molecular flexibility index (Phi) is 11.4. The van der Waals surface area contributed by atoms with Gasteiger partial charge in [-0.25, -0.2) is 9.59 Å². The van der Waals surface area contributed by atoms with Crippen molar-refractivity contribution < 1.29 is 28.6 Å². The summed E-state index contributed by atoms with van der Waals surface area (Å²) in [6.07, 6.45) is 1.95. The highest BCUT2D eigenvalue weighted by Crippen LogP contribution is 2.35. The molecule has 0 radical (unpaired) electrons. The quantitative estimate of drug-likeness (QED) is 0.439. The van der Waals surface area contributed by atoms with Crippen LogP contribution in [-0.4, -0.2) is 52.1 Å². The zero-order valence-corrected chi connectivity index (χ0v) is 15.1. The van der Waals surface area contributed by atoms with Gasteiger partial charge in [0.25, 0.3) is 0 Å². The van der Waals surface area contributed by atoms with Crippen LogP contribution in [-0.2, 0) is 19.0 Å². The Morgan fingerprint density at radius 2 is 1.21 bits per heavy atom. The summed E-state index contributed by atoms with van der Waals surface area (Å²) in [4.78, 5) is 33.7. The van der Waals surface area contributed by atoms with Gasteiger partial charge in [-0.3, -0.25) is 4.79 Å². The molecule has 0 aromatic carbocycles. The topological polar surface area (TPSA) is 103 Å². The van der Waals surface area contributed by atoms with Crippen molar-refractivity contribution in [3.63, 3.8) is 0 Å². The van der Waals surface area contributed by atoms with E-state index in [2.05, 4.69) is 10.6 Å². The van der Waals surface area contributed by atoms with Crippen LogP contribution < -0.4 is 10.6 Å². The molecule has 0 aliphatic rings. The normalized spacial score (nSPS) is 10.7. The lowest BCUT2D eigenvalue weighted by molar-refractivity contribution is -0.144. The van der Waals surface area contributed by atoms with Gasteiger partial charge >= 0.3 is 18.2 Å². The largest absolute Gasteiger partial charge is 0.466 e. The highest BCUT2D eigenvalue weighted by atomic mass is 16.6. The van der Waals surface area contributed by atoms with Crippen LogP contribution >= 0.6 is 0 Å². The van der Waals surface area contributed by atoms with Crippen LogP contribution in [0.25, 0.3) is 0 Å². The minimum atomic E-state index is -0.487. The third-order valence-electron chi connectivity index (χ3n) is 4.07. The molecule has 0 rings (SSSR count). The zero-order chi connectivity index (χ0) is 18.4. The third kappa shape index (κ3) is 9.22. The number of ether oxygens (including phenoxy) is 3. The van der Waals surface area contributed by atoms with Gasteiger partial charge < -0.3 is 24.8 Å². The molecular formula is C16H30N2O6. The summed E-state index contributed by atoms with van der Waals surface area (Å²) in [5.74, 6) is -0.247. The van der Waals surface area contributed by atoms with E-state index in [0.717, 1.165) is 6.42 Å². The fraction of sp³-hybridized carbons (Fsp3) is 0.812. The van der Waals surface area contributed by atoms with E-state index >= 15 is 0 Å². The van der Waals surface area contributed by atoms with Crippen molar-refractivity contribution in [1.82, 2.24) is 10.6 Å². The maximum atomic E-state index is 11.3. The first-order valence-corrected chi connectivity index (χ1v) is 8.27. The van der Waals surface area contributed by atoms with Crippen LogP contribution in [0.15, 0.2) is 0 Å². The van der Waals surface area contributed by atoms with Crippen LogP contribution in [0.4, 0.5) is 9.59 Å². The molecule has 0 saturated carbocycles. The molecule has 0 aromatic rings. The third-order valence-corrected chi connectivity index (χ3v) is 4.07. The number of carbonyl (C=O) groups is 3. The van der Waals surface area contributed by atoms with E-state index in [1.54, 1.807) is 6.92 Å². The van der Waals surface area contributed by atoms with Crippen molar-refractivity contribution in [2.45, 2.75) is 46.0 Å². The Hall–Kier alpha value is -1.99. The molecule has 0 saturated heterocycles. The van der Waals surface area contributed by atoms with Crippen LogP contribution in [0, 0.1) is 5.41 Å². The van der Waals surface area contributed by atoms with Gasteiger partial charge in [0, 0.05) is 20.5 Å². The molecule has 2 amide bonds. The summed E-state index contributed by atoms with van der Waals surface area (Å²) in [5.41, 5.74) is -0.240. The number of carbonyl (C=O) groups excluding carboxylic acids is 3. The maximum absolute atomic E-state index is 11.3. The van der Waals surface area contributed by atoms with Crippen molar-refractivity contribution in [2.24, 2.45) is 5.41 Å². The average molecular weight is 346 g/mol. The standard InChI is InChI=1S/C16H30N2O6/c1-5-13(19)22-10-7-16(6-2,8-11-23-14(20)17-3)9-12-24-15(21)18-4/h5-12H2,1-4H3,(H,17,20)(H,18,21). The molecule has 0 aliphatic carbocycles. The molecule has 0 bridgehead atoms. The van der Waals surface area contributed by atoms with E-state index in [9.17, 15) is 14.4 Å². The fourth-order valence-corrected chi connectivity index (χ4v) is 2.25. The van der Waals surface area contributed by atoms with Crippen LogP contribution in [0.1, 0.15) is 46.0 Å². The van der Waals surface area contributed by atoms with E-state index < -0.39 is 12.2 Å². The molecule has 0 fully saturated rings. The molecule has 8 heteroatoms. The Morgan fingerprint density at radius 3 is 1.54 bits per heavy atom. The van der Waals surface area contributed by atoms with Gasteiger partial charge in [-0.2, -0.15) is 0 Å². The van der Waals surface area contributed by atoms with Gasteiger partial charge in [0.1, 0.15) is 0 Å². The number of hydrogen-bond acceptors (Lipinski definition) is 6. The van der Waals surface area contributed by atoms with Gasteiger partial charge in [0.05, 0.1) is 19.8 Å². The van der Waals surface area contributed by atoms with Crippen LogP contribution in [0.3, 0.4) is 0 Å². The molecule has 24 heavy (non-hydrogen) atoms. The minimum absolute atomic E-state index is 0.240. The highest BCUT2D eigenvalue weighted by Gasteiger charge is 2.29. The monoisotopic (exact) mass is 346 g/mol. The first kappa shape index (κ1) is 22.0. The van der Waals surface area contributed by atoms with E-state index in [1.165, 1.54) is 14.1 Å². The first-order chi connectivity index (χ1) is 11.4. The van der Waals surface area contributed by atoms with Crippen LogP contribution in [0.5, 0.6) is 0 Å². The summed E-state index contributed by atoms with van der Waals surface area (Å²) in [6, 6.07) is 0. The minimum Gasteiger partial charge on any atom is -0.466 e. The van der Waals surface area contributed by atoms with Crippen molar-refractivity contribution >= 4 is 18.2 Å². The van der Waals surface area contributed by atoms with Crippen molar-refractivity contribution in [3.8, 4) is 0 Å². The van der Waals surface area contributed by atoms with E-state index in [4.69, 9.17) is 14.2 Å². The molecule has 2 N–H and O–H groups in total. The molecule has 8 nitrogen and oxygen atoms in total. The molecular weight excluding hydrogens is 316 g/mol. The summed E-state index contributed by atoms with van der Waals surface area (Å²) in [5, 5.41) is 4.79. The Bertz CT molecular complexity index is 345. The molecule has 0 heterocycles. The number of esters is 1. The lowest BCUT2D eigenvalue weighted by atomic mass is 9.76. The average Bonchev–Trinajstić information content (AvgIpc) is 2.60. The highest BCUT2D eigenvalue weighted by molar-refractivity contribution is 5.68. The summed E-state index contributed by atoms with van der Waals surface area (Å²) in [6.45, 7) is 4.54. The van der Waals surface area contributed by atoms with Gasteiger partial charge in [-0.15, -0.1) is 0 Å². The van der Waals surface area contributed by atoms with Gasteiger partial charge in [0.15, 0.2) is 0 Å². The van der Waals surface area contributed by atoms with Crippen LogP contribution in [0.2, 0.25) is 0 Å². The number of hydrogen-bond donors (Lipinski definition) is 2. The van der Waals surface area contributed by atoms with Gasteiger partial charge in [-0.1, -0.05) is 20.3 Å². The smallest absolute Gasteiger partial charge is 0.406 e. The van der Waals surface area contributed by atoms with E-state index in [-0.39, 0.29) is 24.6 Å². The van der Waals surface area contributed by atoms with Crippen molar-refractivity contribution in [1.29, 1.82) is 0 Å². The SMILES string of the molecule is CCC(=O)OCCC(CC)(CCOC(=O)NC)CCOC(=O)NC. The van der Waals surface area contributed by atoms with Gasteiger partial charge in [-0.05, 0) is 24.7 Å². The van der Waals surface area contributed by atoms with Crippen molar-refractivity contribution in [2.75, 3.05) is 33.9 Å². The summed E-state index contributed by atoms with van der Waals surface area (Å²) >= 11 is 0. The molecule has 0 unspecified atom stereocenters. The predicted octanol–water partition coefficient (Wildman–Crippen LogP) is 2.22. The lowest BCUT2D eigenvalue weighted by Crippen LogP contribution is -2.30. The number of alkyl carbamates (subject to hydrolysis) is 2. The Morgan fingerprint density at radius 1 is 0.792 bits per heavy atom. The predicted molar refractivity (Wildman–Crippen MR) is 88.6 cm³/mol. The fourth-order valence-electron chi connectivity index (χ4n) is 2.25. The van der Waals surface area contributed by atoms with Crippen molar-refractivity contribution in [3.05, 3.63) is 0 Å². The summed E-state index contributed by atoms with van der Waals surface area (Å²) in [7, 11) is 2.99. The molecule has 0 atom stereocenters. The van der Waals surface area contributed by atoms with E-state index in [1.807, 2.05) is 6.92 Å².